The fraction of sp³-hybridized carbons (Fsp3) is 0.788. The van der Waals surface area contributed by atoms with Crippen molar-refractivity contribution < 1.29 is 14.7 Å². The number of hydrogen-bond acceptors (Lipinski definition) is 4. The molecule has 2 rings (SSSR count). The standard InChI is InChI=1S/C33H57NO3/c1-9-10-22-36-31-27(6)29-19-21-33(8,37-32(29)30(23-34-35)28(31)7)20-13-18-26(5)17-12-16-25(4)15-11-14-24(2)3/h23-26,35H,9-22H2,1-8H3/b34-23+. The van der Waals surface area contributed by atoms with Crippen LogP contribution in [0.3, 0.4) is 0 Å². The van der Waals surface area contributed by atoms with Crippen molar-refractivity contribution in [3.8, 4) is 11.5 Å². The van der Waals surface area contributed by atoms with E-state index < -0.39 is 0 Å². The number of nitrogens with zero attached hydrogens (tertiary/aromatic N) is 1. The van der Waals surface area contributed by atoms with E-state index in [1.54, 1.807) is 0 Å². The number of ether oxygens (including phenoxy) is 2. The van der Waals surface area contributed by atoms with E-state index in [-0.39, 0.29) is 5.60 Å². The molecule has 37 heavy (non-hydrogen) atoms. The summed E-state index contributed by atoms with van der Waals surface area (Å²) >= 11 is 0. The Morgan fingerprint density at radius 3 is 2.16 bits per heavy atom. The molecular formula is C33H57NO3. The Kier molecular flexibility index (Phi) is 13.3. The monoisotopic (exact) mass is 515 g/mol. The average Bonchev–Trinajstić information content (AvgIpc) is 2.83. The van der Waals surface area contributed by atoms with Crippen molar-refractivity contribution in [2.24, 2.45) is 22.9 Å². The van der Waals surface area contributed by atoms with Gasteiger partial charge in [-0.3, -0.25) is 0 Å². The molecule has 0 aliphatic carbocycles. The third-order valence-electron chi connectivity index (χ3n) is 8.51. The van der Waals surface area contributed by atoms with Crippen molar-refractivity contribution in [1.82, 2.24) is 0 Å². The van der Waals surface area contributed by atoms with Crippen LogP contribution in [-0.2, 0) is 6.42 Å². The molecule has 1 N–H and O–H groups in total. The van der Waals surface area contributed by atoms with Gasteiger partial charge in [0.1, 0.15) is 17.1 Å². The van der Waals surface area contributed by atoms with Crippen LogP contribution in [0.1, 0.15) is 141 Å². The van der Waals surface area contributed by atoms with E-state index in [9.17, 15) is 5.21 Å². The number of fused-ring (bicyclic) bond motifs is 1. The highest BCUT2D eigenvalue weighted by Crippen LogP contribution is 2.45. The van der Waals surface area contributed by atoms with Crippen molar-refractivity contribution in [3.63, 3.8) is 0 Å². The number of hydrogen-bond donors (Lipinski definition) is 1. The molecule has 1 aliphatic rings. The summed E-state index contributed by atoms with van der Waals surface area (Å²) in [6, 6.07) is 0. The summed E-state index contributed by atoms with van der Waals surface area (Å²) < 4.78 is 12.9. The van der Waals surface area contributed by atoms with Crippen molar-refractivity contribution in [1.29, 1.82) is 0 Å². The molecule has 3 atom stereocenters. The Morgan fingerprint density at radius 2 is 1.57 bits per heavy atom. The summed E-state index contributed by atoms with van der Waals surface area (Å²) in [6.07, 6.45) is 17.4. The van der Waals surface area contributed by atoms with Crippen LogP contribution in [0.25, 0.3) is 0 Å². The first kappa shape index (κ1) is 31.5. The molecule has 1 aromatic rings. The molecule has 212 valence electrons. The van der Waals surface area contributed by atoms with Gasteiger partial charge >= 0.3 is 0 Å². The maximum Gasteiger partial charge on any atom is 0.133 e. The summed E-state index contributed by atoms with van der Waals surface area (Å²) in [5.74, 6) is 4.29. The highest BCUT2D eigenvalue weighted by molar-refractivity contribution is 5.88. The third-order valence-corrected chi connectivity index (χ3v) is 8.51. The molecule has 0 bridgehead atoms. The molecule has 1 aliphatic heterocycles. The second-order valence-corrected chi connectivity index (χ2v) is 12.7. The van der Waals surface area contributed by atoms with Gasteiger partial charge in [0, 0.05) is 16.7 Å². The van der Waals surface area contributed by atoms with Gasteiger partial charge in [-0.2, -0.15) is 0 Å². The fourth-order valence-corrected chi connectivity index (χ4v) is 5.87. The highest BCUT2D eigenvalue weighted by Gasteiger charge is 2.35. The summed E-state index contributed by atoms with van der Waals surface area (Å²) in [5.41, 5.74) is 4.06. The van der Waals surface area contributed by atoms with Gasteiger partial charge in [0.05, 0.1) is 12.8 Å². The normalized spacial score (nSPS) is 19.2. The van der Waals surface area contributed by atoms with Crippen molar-refractivity contribution in [3.05, 3.63) is 22.3 Å². The van der Waals surface area contributed by atoms with Crippen LogP contribution in [0.15, 0.2) is 5.16 Å². The number of unbranched alkanes of at least 4 members (excludes halogenated alkanes) is 1. The largest absolute Gasteiger partial charge is 0.493 e. The van der Waals surface area contributed by atoms with E-state index in [1.165, 1.54) is 68.7 Å². The fourth-order valence-electron chi connectivity index (χ4n) is 5.87. The highest BCUT2D eigenvalue weighted by atomic mass is 16.5. The smallest absolute Gasteiger partial charge is 0.133 e. The van der Waals surface area contributed by atoms with Gasteiger partial charge in [0.25, 0.3) is 0 Å². The second kappa shape index (κ2) is 15.6. The van der Waals surface area contributed by atoms with Gasteiger partial charge in [-0.05, 0) is 76.2 Å². The van der Waals surface area contributed by atoms with Crippen LogP contribution in [0.2, 0.25) is 0 Å². The van der Waals surface area contributed by atoms with Gasteiger partial charge < -0.3 is 14.7 Å². The summed E-state index contributed by atoms with van der Waals surface area (Å²) in [5, 5.41) is 12.8. The molecule has 0 spiro atoms. The predicted molar refractivity (Wildman–Crippen MR) is 158 cm³/mol. The Hall–Kier alpha value is -1.71. The first-order chi connectivity index (χ1) is 17.6. The molecular weight excluding hydrogens is 458 g/mol. The maximum atomic E-state index is 9.40. The predicted octanol–water partition coefficient (Wildman–Crippen LogP) is 9.81. The minimum Gasteiger partial charge on any atom is -0.493 e. The van der Waals surface area contributed by atoms with Crippen LogP contribution in [0, 0.1) is 31.6 Å². The average molecular weight is 516 g/mol. The summed E-state index contributed by atoms with van der Waals surface area (Å²) in [4.78, 5) is 0. The Bertz CT molecular complexity index is 847. The molecule has 1 aromatic carbocycles. The van der Waals surface area contributed by atoms with E-state index >= 15 is 0 Å². The Morgan fingerprint density at radius 1 is 0.946 bits per heavy atom. The minimum atomic E-state index is -0.181. The summed E-state index contributed by atoms with van der Waals surface area (Å²) in [6.45, 7) is 18.8. The number of rotatable bonds is 17. The molecule has 4 nitrogen and oxygen atoms in total. The lowest BCUT2D eigenvalue weighted by molar-refractivity contribution is 0.0518. The third kappa shape index (κ3) is 9.84. The van der Waals surface area contributed by atoms with Crippen LogP contribution in [0.5, 0.6) is 11.5 Å². The Labute approximate surface area is 228 Å². The molecule has 4 heteroatoms. The molecule has 1 heterocycles. The van der Waals surface area contributed by atoms with E-state index in [1.807, 2.05) is 6.92 Å². The molecule has 3 unspecified atom stereocenters. The first-order valence-corrected chi connectivity index (χ1v) is 15.3. The molecule has 0 saturated carbocycles. The topological polar surface area (TPSA) is 51.0 Å². The van der Waals surface area contributed by atoms with Gasteiger partial charge in [0.2, 0.25) is 0 Å². The van der Waals surface area contributed by atoms with E-state index in [4.69, 9.17) is 9.47 Å². The minimum absolute atomic E-state index is 0.181. The van der Waals surface area contributed by atoms with Crippen molar-refractivity contribution in [2.45, 2.75) is 144 Å². The molecule has 0 amide bonds. The lowest BCUT2D eigenvalue weighted by Crippen LogP contribution is -2.37. The SMILES string of the molecule is CCCCOc1c(C)c(/C=N/O)c2c(c1C)CCC(C)(CCCC(C)CCCC(C)CCCC(C)C)O2. The zero-order valence-corrected chi connectivity index (χ0v) is 25.4. The van der Waals surface area contributed by atoms with Crippen molar-refractivity contribution in [2.75, 3.05) is 6.61 Å². The summed E-state index contributed by atoms with van der Waals surface area (Å²) in [7, 11) is 0. The molecule has 0 aromatic heterocycles. The Balaban J connectivity index is 1.91. The van der Waals surface area contributed by atoms with Crippen molar-refractivity contribution >= 4 is 6.21 Å². The zero-order chi connectivity index (χ0) is 27.4. The molecule has 0 radical (unpaired) electrons. The van der Waals surface area contributed by atoms with Gasteiger partial charge in [-0.1, -0.05) is 91.1 Å². The van der Waals surface area contributed by atoms with Crippen LogP contribution in [0.4, 0.5) is 0 Å². The van der Waals surface area contributed by atoms with Crippen LogP contribution < -0.4 is 9.47 Å². The van der Waals surface area contributed by atoms with Gasteiger partial charge in [-0.25, -0.2) is 0 Å². The van der Waals surface area contributed by atoms with E-state index in [0.29, 0.717) is 6.61 Å². The van der Waals surface area contributed by atoms with E-state index in [0.717, 1.165) is 72.5 Å². The van der Waals surface area contributed by atoms with E-state index in [2.05, 4.69) is 53.6 Å². The lowest BCUT2D eigenvalue weighted by atomic mass is 9.83. The van der Waals surface area contributed by atoms with Crippen LogP contribution in [-0.4, -0.2) is 23.6 Å². The quantitative estimate of drug-likeness (QED) is 0.0972. The van der Waals surface area contributed by atoms with Gasteiger partial charge in [-0.15, -0.1) is 0 Å². The van der Waals surface area contributed by atoms with Crippen LogP contribution >= 0.6 is 0 Å². The second-order valence-electron chi connectivity index (χ2n) is 12.7. The first-order valence-electron chi connectivity index (χ1n) is 15.3. The zero-order valence-electron chi connectivity index (χ0n) is 25.4. The molecule has 0 saturated heterocycles. The molecule has 0 fully saturated rings. The van der Waals surface area contributed by atoms with Gasteiger partial charge in [0.15, 0.2) is 0 Å². The number of oxime groups is 1. The number of benzene rings is 1. The maximum absolute atomic E-state index is 9.40. The lowest BCUT2D eigenvalue weighted by Gasteiger charge is -2.38.